The quantitative estimate of drug-likeness (QED) is 0.870. The standard InChI is InChI=1S/C16H28N4O/c1-13(2)12-15(17)16(21)19-9-4-14(5-10-19)6-11-20-8-3-7-18-20/h3,7-8,13-15H,4-6,9-12,17H2,1-2H3/t15-/m1/s1. The molecular formula is C16H28N4O. The largest absolute Gasteiger partial charge is 0.341 e. The van der Waals surface area contributed by atoms with Gasteiger partial charge in [0.05, 0.1) is 6.04 Å². The van der Waals surface area contributed by atoms with Gasteiger partial charge in [-0.15, -0.1) is 0 Å². The molecule has 118 valence electrons. The third-order valence-corrected chi connectivity index (χ3v) is 4.29. The van der Waals surface area contributed by atoms with Crippen molar-refractivity contribution in [2.24, 2.45) is 17.6 Å². The molecule has 1 aromatic heterocycles. The lowest BCUT2D eigenvalue weighted by molar-refractivity contribution is -0.134. The minimum Gasteiger partial charge on any atom is -0.341 e. The fraction of sp³-hybridized carbons (Fsp3) is 0.750. The van der Waals surface area contributed by atoms with Crippen molar-refractivity contribution < 1.29 is 4.79 Å². The average molecular weight is 292 g/mol. The van der Waals surface area contributed by atoms with Gasteiger partial charge in [0, 0.05) is 32.0 Å². The summed E-state index contributed by atoms with van der Waals surface area (Å²) in [7, 11) is 0. The van der Waals surface area contributed by atoms with Crippen molar-refractivity contribution in [1.82, 2.24) is 14.7 Å². The SMILES string of the molecule is CC(C)C[C@@H](N)C(=O)N1CCC(CCn2cccn2)CC1. The third kappa shape index (κ3) is 4.84. The van der Waals surface area contributed by atoms with Crippen LogP contribution in [0.1, 0.15) is 39.5 Å². The highest BCUT2D eigenvalue weighted by molar-refractivity contribution is 5.81. The fourth-order valence-electron chi connectivity index (χ4n) is 3.03. The van der Waals surface area contributed by atoms with Crippen molar-refractivity contribution in [3.05, 3.63) is 18.5 Å². The molecule has 1 aromatic rings. The molecule has 0 aromatic carbocycles. The van der Waals surface area contributed by atoms with E-state index in [0.29, 0.717) is 11.8 Å². The van der Waals surface area contributed by atoms with Gasteiger partial charge in [0.15, 0.2) is 0 Å². The summed E-state index contributed by atoms with van der Waals surface area (Å²) >= 11 is 0. The van der Waals surface area contributed by atoms with Crippen LogP contribution in [0.25, 0.3) is 0 Å². The predicted octanol–water partition coefficient (Wildman–Crippen LogP) is 1.89. The molecule has 1 aliphatic heterocycles. The van der Waals surface area contributed by atoms with Gasteiger partial charge < -0.3 is 10.6 Å². The summed E-state index contributed by atoms with van der Waals surface area (Å²) in [6, 6.07) is 1.63. The number of likely N-dealkylation sites (tertiary alicyclic amines) is 1. The smallest absolute Gasteiger partial charge is 0.239 e. The van der Waals surface area contributed by atoms with Crippen LogP contribution in [0, 0.1) is 11.8 Å². The molecular weight excluding hydrogens is 264 g/mol. The summed E-state index contributed by atoms with van der Waals surface area (Å²) in [5.74, 6) is 1.30. The van der Waals surface area contributed by atoms with Crippen LogP contribution >= 0.6 is 0 Å². The number of nitrogens with two attached hydrogens (primary N) is 1. The minimum atomic E-state index is -0.328. The van der Waals surface area contributed by atoms with Gasteiger partial charge in [0.25, 0.3) is 0 Å². The lowest BCUT2D eigenvalue weighted by Gasteiger charge is -2.33. The molecule has 2 rings (SSSR count). The first-order valence-corrected chi connectivity index (χ1v) is 8.08. The monoisotopic (exact) mass is 292 g/mol. The number of carbonyl (C=O) groups is 1. The highest BCUT2D eigenvalue weighted by Gasteiger charge is 2.26. The zero-order valence-electron chi connectivity index (χ0n) is 13.2. The Morgan fingerprint density at radius 3 is 2.67 bits per heavy atom. The minimum absolute atomic E-state index is 0.134. The van der Waals surface area contributed by atoms with Gasteiger partial charge >= 0.3 is 0 Å². The van der Waals surface area contributed by atoms with Crippen molar-refractivity contribution in [2.75, 3.05) is 13.1 Å². The van der Waals surface area contributed by atoms with Gasteiger partial charge in [-0.05, 0) is 43.6 Å². The van der Waals surface area contributed by atoms with E-state index in [-0.39, 0.29) is 11.9 Å². The molecule has 0 aliphatic carbocycles. The molecule has 2 heterocycles. The Hall–Kier alpha value is -1.36. The lowest BCUT2D eigenvalue weighted by Crippen LogP contribution is -2.47. The predicted molar refractivity (Wildman–Crippen MR) is 83.6 cm³/mol. The number of amides is 1. The first kappa shape index (κ1) is 16.0. The first-order valence-electron chi connectivity index (χ1n) is 8.08. The summed E-state index contributed by atoms with van der Waals surface area (Å²) in [6.07, 6.45) is 7.91. The topological polar surface area (TPSA) is 64.2 Å². The van der Waals surface area contributed by atoms with E-state index in [1.54, 1.807) is 0 Å². The Kier molecular flexibility index (Phi) is 5.79. The van der Waals surface area contributed by atoms with E-state index in [0.717, 1.165) is 45.3 Å². The molecule has 21 heavy (non-hydrogen) atoms. The molecule has 0 unspecified atom stereocenters. The van der Waals surface area contributed by atoms with Crippen molar-refractivity contribution in [3.63, 3.8) is 0 Å². The van der Waals surface area contributed by atoms with E-state index >= 15 is 0 Å². The molecule has 0 saturated carbocycles. The molecule has 2 N–H and O–H groups in total. The van der Waals surface area contributed by atoms with E-state index in [1.807, 2.05) is 28.0 Å². The van der Waals surface area contributed by atoms with E-state index in [1.165, 1.54) is 0 Å². The maximum absolute atomic E-state index is 12.3. The second-order valence-electron chi connectivity index (χ2n) is 6.56. The van der Waals surface area contributed by atoms with Crippen LogP contribution in [0.2, 0.25) is 0 Å². The molecule has 1 aliphatic rings. The molecule has 1 atom stereocenters. The van der Waals surface area contributed by atoms with Gasteiger partial charge in [-0.1, -0.05) is 13.8 Å². The van der Waals surface area contributed by atoms with E-state index < -0.39 is 0 Å². The van der Waals surface area contributed by atoms with Gasteiger partial charge in [-0.2, -0.15) is 5.10 Å². The van der Waals surface area contributed by atoms with Crippen molar-refractivity contribution >= 4 is 5.91 Å². The highest BCUT2D eigenvalue weighted by atomic mass is 16.2. The maximum atomic E-state index is 12.3. The Morgan fingerprint density at radius 1 is 1.38 bits per heavy atom. The van der Waals surface area contributed by atoms with Gasteiger partial charge in [0.2, 0.25) is 5.91 Å². The third-order valence-electron chi connectivity index (χ3n) is 4.29. The molecule has 0 bridgehead atoms. The average Bonchev–Trinajstić information content (AvgIpc) is 2.97. The normalized spacial score (nSPS) is 18.2. The molecule has 1 amide bonds. The van der Waals surface area contributed by atoms with Crippen LogP contribution in [0.15, 0.2) is 18.5 Å². The van der Waals surface area contributed by atoms with Crippen LogP contribution in [-0.2, 0) is 11.3 Å². The Bertz CT molecular complexity index is 421. The molecule has 0 spiro atoms. The van der Waals surface area contributed by atoms with Crippen molar-refractivity contribution in [3.8, 4) is 0 Å². The number of hydrogen-bond acceptors (Lipinski definition) is 3. The fourth-order valence-corrected chi connectivity index (χ4v) is 3.03. The summed E-state index contributed by atoms with van der Waals surface area (Å²) in [5, 5.41) is 4.23. The summed E-state index contributed by atoms with van der Waals surface area (Å²) in [5.41, 5.74) is 6.00. The Labute approximate surface area is 127 Å². The van der Waals surface area contributed by atoms with Gasteiger partial charge in [-0.3, -0.25) is 9.48 Å². The highest BCUT2D eigenvalue weighted by Crippen LogP contribution is 2.22. The molecule has 1 fully saturated rings. The second-order valence-corrected chi connectivity index (χ2v) is 6.56. The summed E-state index contributed by atoms with van der Waals surface area (Å²) in [4.78, 5) is 14.2. The van der Waals surface area contributed by atoms with E-state index in [9.17, 15) is 4.79 Å². The molecule has 1 saturated heterocycles. The van der Waals surface area contributed by atoms with Gasteiger partial charge in [-0.25, -0.2) is 0 Å². The van der Waals surface area contributed by atoms with Crippen LogP contribution in [0.5, 0.6) is 0 Å². The van der Waals surface area contributed by atoms with Crippen molar-refractivity contribution in [2.45, 2.75) is 52.1 Å². The Morgan fingerprint density at radius 2 is 2.10 bits per heavy atom. The van der Waals surface area contributed by atoms with Gasteiger partial charge in [0.1, 0.15) is 0 Å². The van der Waals surface area contributed by atoms with E-state index in [2.05, 4.69) is 18.9 Å². The Balaban J connectivity index is 1.71. The van der Waals surface area contributed by atoms with E-state index in [4.69, 9.17) is 5.73 Å². The zero-order valence-corrected chi connectivity index (χ0v) is 13.2. The number of hydrogen-bond donors (Lipinski definition) is 1. The van der Waals surface area contributed by atoms with Crippen LogP contribution in [-0.4, -0.2) is 39.7 Å². The first-order chi connectivity index (χ1) is 10.1. The van der Waals surface area contributed by atoms with Crippen LogP contribution in [0.4, 0.5) is 0 Å². The number of nitrogens with zero attached hydrogens (tertiary/aromatic N) is 3. The van der Waals surface area contributed by atoms with Crippen LogP contribution < -0.4 is 5.73 Å². The second kappa shape index (κ2) is 7.59. The molecule has 0 radical (unpaired) electrons. The lowest BCUT2D eigenvalue weighted by atomic mass is 9.92. The number of aromatic nitrogens is 2. The van der Waals surface area contributed by atoms with Crippen molar-refractivity contribution in [1.29, 1.82) is 0 Å². The summed E-state index contributed by atoms with van der Waals surface area (Å²) < 4.78 is 1.98. The van der Waals surface area contributed by atoms with Crippen LogP contribution in [0.3, 0.4) is 0 Å². The number of carbonyl (C=O) groups excluding carboxylic acids is 1. The summed E-state index contributed by atoms with van der Waals surface area (Å²) in [6.45, 7) is 6.89. The number of aryl methyl sites for hydroxylation is 1. The molecule has 5 heteroatoms. The number of rotatable bonds is 6. The molecule has 5 nitrogen and oxygen atoms in total. The number of piperidine rings is 1. The zero-order chi connectivity index (χ0) is 15.2. The maximum Gasteiger partial charge on any atom is 0.239 e.